The summed E-state index contributed by atoms with van der Waals surface area (Å²) in [6, 6.07) is 9.45. The molecule has 3 aliphatic rings. The maximum atomic E-state index is 4.99. The van der Waals surface area contributed by atoms with E-state index in [1.165, 1.54) is 53.6 Å². The minimum atomic E-state index is 0.525. The maximum Gasteiger partial charge on any atom is 0.0708 e. The fraction of sp³-hybridized carbons (Fsp3) is 0.464. The molecule has 0 amide bonds. The SMILES string of the molecule is C/C=C\C(=C/C(C)C)c1ccc(CCC)c(-c2cc3c(cn2)C2CCC3CC2)c1. The van der Waals surface area contributed by atoms with Gasteiger partial charge in [0.15, 0.2) is 0 Å². The largest absolute Gasteiger partial charge is 0.256 e. The van der Waals surface area contributed by atoms with Crippen LogP contribution in [0.3, 0.4) is 0 Å². The monoisotopic (exact) mass is 385 g/mol. The zero-order valence-corrected chi connectivity index (χ0v) is 18.5. The highest BCUT2D eigenvalue weighted by atomic mass is 14.7. The van der Waals surface area contributed by atoms with Gasteiger partial charge in [-0.3, -0.25) is 4.98 Å². The molecule has 0 N–H and O–H groups in total. The Morgan fingerprint density at radius 1 is 1.07 bits per heavy atom. The van der Waals surface area contributed by atoms with Crippen molar-refractivity contribution in [1.82, 2.24) is 4.98 Å². The fourth-order valence-corrected chi connectivity index (χ4v) is 5.31. The predicted octanol–water partition coefficient (Wildman–Crippen LogP) is 8.07. The molecule has 2 aromatic rings. The molecule has 0 atom stereocenters. The number of pyridine rings is 1. The van der Waals surface area contributed by atoms with Gasteiger partial charge in [-0.2, -0.15) is 0 Å². The zero-order valence-electron chi connectivity index (χ0n) is 18.5. The molecule has 5 rings (SSSR count). The lowest BCUT2D eigenvalue weighted by molar-refractivity contribution is 0.358. The summed E-state index contributed by atoms with van der Waals surface area (Å²) in [5.41, 5.74) is 9.67. The van der Waals surface area contributed by atoms with Crippen molar-refractivity contribution < 1.29 is 0 Å². The van der Waals surface area contributed by atoms with Crippen LogP contribution >= 0.6 is 0 Å². The second-order valence-corrected chi connectivity index (χ2v) is 9.23. The molecule has 1 heterocycles. The molecule has 3 aliphatic carbocycles. The standard InChI is InChI=1S/C28H35N/c1-5-7-20-13-14-24(23(8-6-2)15-19(3)4)16-26(20)28-17-25-21-9-11-22(12-10-21)27(25)18-29-28/h6,8,13-19,21-22H,5,7,9-12H2,1-4H3/b8-6-,23-15+. The Bertz CT molecular complexity index is 923. The van der Waals surface area contributed by atoms with Gasteiger partial charge in [0, 0.05) is 11.8 Å². The Morgan fingerprint density at radius 3 is 2.45 bits per heavy atom. The quantitative estimate of drug-likeness (QED) is 0.458. The Morgan fingerprint density at radius 2 is 1.79 bits per heavy atom. The normalized spacial score (nSPS) is 21.2. The molecular weight excluding hydrogens is 350 g/mol. The van der Waals surface area contributed by atoms with Gasteiger partial charge in [-0.05, 0) is 96.7 Å². The third-order valence-electron chi connectivity index (χ3n) is 6.67. The highest BCUT2D eigenvalue weighted by molar-refractivity contribution is 5.78. The third-order valence-corrected chi connectivity index (χ3v) is 6.67. The number of fused-ring (bicyclic) bond motifs is 2. The van der Waals surface area contributed by atoms with Crippen LogP contribution in [-0.4, -0.2) is 4.98 Å². The second kappa shape index (κ2) is 8.69. The minimum Gasteiger partial charge on any atom is -0.256 e. The molecule has 152 valence electrons. The van der Waals surface area contributed by atoms with Crippen molar-refractivity contribution >= 4 is 5.57 Å². The highest BCUT2D eigenvalue weighted by Gasteiger charge is 2.33. The van der Waals surface area contributed by atoms with Gasteiger partial charge in [0.1, 0.15) is 0 Å². The van der Waals surface area contributed by atoms with E-state index in [9.17, 15) is 0 Å². The first-order valence-corrected chi connectivity index (χ1v) is 11.6. The molecule has 0 saturated heterocycles. The van der Waals surface area contributed by atoms with Crippen LogP contribution in [0.2, 0.25) is 0 Å². The van der Waals surface area contributed by atoms with Gasteiger partial charge in [-0.15, -0.1) is 0 Å². The van der Waals surface area contributed by atoms with E-state index in [4.69, 9.17) is 4.98 Å². The summed E-state index contributed by atoms with van der Waals surface area (Å²) in [5, 5.41) is 0. The van der Waals surface area contributed by atoms with Gasteiger partial charge >= 0.3 is 0 Å². The lowest BCUT2D eigenvalue weighted by Gasteiger charge is -2.38. The number of hydrogen-bond acceptors (Lipinski definition) is 1. The van der Waals surface area contributed by atoms with Gasteiger partial charge in [0.2, 0.25) is 0 Å². The predicted molar refractivity (Wildman–Crippen MR) is 125 cm³/mol. The Balaban J connectivity index is 1.81. The molecule has 29 heavy (non-hydrogen) atoms. The first-order chi connectivity index (χ1) is 14.1. The molecule has 0 spiro atoms. The van der Waals surface area contributed by atoms with E-state index >= 15 is 0 Å². The zero-order chi connectivity index (χ0) is 20.4. The Hall–Kier alpha value is -2.15. The summed E-state index contributed by atoms with van der Waals surface area (Å²) in [5.74, 6) is 2.04. The van der Waals surface area contributed by atoms with Crippen LogP contribution in [0.1, 0.15) is 93.9 Å². The number of aromatic nitrogens is 1. The third kappa shape index (κ3) is 4.10. The molecule has 1 heteroatoms. The van der Waals surface area contributed by atoms with E-state index in [1.54, 1.807) is 11.1 Å². The number of allylic oxidation sites excluding steroid dienone is 4. The number of hydrogen-bond donors (Lipinski definition) is 0. The summed E-state index contributed by atoms with van der Waals surface area (Å²) >= 11 is 0. The summed E-state index contributed by atoms with van der Waals surface area (Å²) in [4.78, 5) is 4.99. The summed E-state index contributed by atoms with van der Waals surface area (Å²) < 4.78 is 0. The number of benzene rings is 1. The molecule has 0 unspecified atom stereocenters. The smallest absolute Gasteiger partial charge is 0.0708 e. The number of rotatable bonds is 6. The molecule has 1 aromatic carbocycles. The molecule has 1 nitrogen and oxygen atoms in total. The van der Waals surface area contributed by atoms with E-state index < -0.39 is 0 Å². The summed E-state index contributed by atoms with van der Waals surface area (Å²) in [6.45, 7) is 8.85. The average Bonchev–Trinajstić information content (AvgIpc) is 2.74. The molecule has 1 saturated carbocycles. The molecule has 1 fully saturated rings. The fourth-order valence-electron chi connectivity index (χ4n) is 5.31. The lowest BCUT2D eigenvalue weighted by atomic mass is 9.67. The van der Waals surface area contributed by atoms with Crippen molar-refractivity contribution in [2.75, 3.05) is 0 Å². The molecule has 0 aliphatic heterocycles. The van der Waals surface area contributed by atoms with Gasteiger partial charge in [0.05, 0.1) is 5.69 Å². The van der Waals surface area contributed by atoms with Crippen LogP contribution < -0.4 is 0 Å². The molecule has 2 bridgehead atoms. The van der Waals surface area contributed by atoms with Gasteiger partial charge in [0.25, 0.3) is 0 Å². The van der Waals surface area contributed by atoms with Crippen molar-refractivity contribution in [3.05, 3.63) is 70.9 Å². The maximum absolute atomic E-state index is 4.99. The van der Waals surface area contributed by atoms with Crippen LogP contribution in [0.25, 0.3) is 16.8 Å². The first kappa shape index (κ1) is 20.1. The van der Waals surface area contributed by atoms with Crippen molar-refractivity contribution in [1.29, 1.82) is 0 Å². The van der Waals surface area contributed by atoms with E-state index in [0.717, 1.165) is 24.7 Å². The molecule has 0 radical (unpaired) electrons. The van der Waals surface area contributed by atoms with E-state index in [1.807, 2.05) is 0 Å². The molecular formula is C28H35N. The average molecular weight is 386 g/mol. The number of nitrogens with zero attached hydrogens (tertiary/aromatic N) is 1. The van der Waals surface area contributed by atoms with Crippen molar-refractivity contribution in [3.8, 4) is 11.3 Å². The lowest BCUT2D eigenvalue weighted by Crippen LogP contribution is -2.21. The van der Waals surface area contributed by atoms with Crippen LogP contribution in [0.4, 0.5) is 0 Å². The van der Waals surface area contributed by atoms with E-state index in [2.05, 4.69) is 76.4 Å². The van der Waals surface area contributed by atoms with Crippen LogP contribution in [0, 0.1) is 5.92 Å². The Labute approximate surface area is 177 Å². The summed E-state index contributed by atoms with van der Waals surface area (Å²) in [6.07, 6.45) is 16.7. The summed E-state index contributed by atoms with van der Waals surface area (Å²) in [7, 11) is 0. The topological polar surface area (TPSA) is 12.9 Å². The second-order valence-electron chi connectivity index (χ2n) is 9.23. The van der Waals surface area contributed by atoms with Crippen molar-refractivity contribution in [2.24, 2.45) is 5.92 Å². The Kier molecular flexibility index (Phi) is 6.04. The van der Waals surface area contributed by atoms with Crippen molar-refractivity contribution in [3.63, 3.8) is 0 Å². The number of aryl methyl sites for hydroxylation is 1. The molecule has 1 aromatic heterocycles. The van der Waals surface area contributed by atoms with E-state index in [-0.39, 0.29) is 0 Å². The van der Waals surface area contributed by atoms with Gasteiger partial charge in [-0.1, -0.05) is 57.6 Å². The minimum absolute atomic E-state index is 0.525. The van der Waals surface area contributed by atoms with E-state index in [0.29, 0.717) is 5.92 Å². The van der Waals surface area contributed by atoms with Gasteiger partial charge in [-0.25, -0.2) is 0 Å². The van der Waals surface area contributed by atoms with Crippen LogP contribution in [-0.2, 0) is 6.42 Å². The highest BCUT2D eigenvalue weighted by Crippen LogP contribution is 2.49. The van der Waals surface area contributed by atoms with Crippen LogP contribution in [0.5, 0.6) is 0 Å². The van der Waals surface area contributed by atoms with Crippen LogP contribution in [0.15, 0.2) is 48.7 Å². The first-order valence-electron chi connectivity index (χ1n) is 11.6. The van der Waals surface area contributed by atoms with Crippen molar-refractivity contribution in [2.45, 2.75) is 78.1 Å². The van der Waals surface area contributed by atoms with Gasteiger partial charge < -0.3 is 0 Å².